The van der Waals surface area contributed by atoms with Crippen LogP contribution in [-0.2, 0) is 22.8 Å². The fourth-order valence-corrected chi connectivity index (χ4v) is 1.49. The van der Waals surface area contributed by atoms with E-state index in [1.807, 2.05) is 30.3 Å². The molecule has 0 saturated heterocycles. The van der Waals surface area contributed by atoms with Gasteiger partial charge in [0.25, 0.3) is 0 Å². The lowest BCUT2D eigenvalue weighted by molar-refractivity contribution is -0.139. The first-order valence-corrected chi connectivity index (χ1v) is 5.83. The van der Waals surface area contributed by atoms with Crippen LogP contribution in [0.25, 0.3) is 0 Å². The number of nitrogens with one attached hydrogen (secondary N) is 2. The molecule has 0 unspecified atom stereocenters. The van der Waals surface area contributed by atoms with E-state index >= 15 is 0 Å². The van der Waals surface area contributed by atoms with Gasteiger partial charge < -0.3 is 10.6 Å². The molecule has 0 aliphatic heterocycles. The maximum atomic E-state index is 11.5. The predicted octanol–water partition coefficient (Wildman–Crippen LogP) is 0.273. The molecule has 1 heterocycles. The number of hydrogen-bond donors (Lipinski definition) is 2. The van der Waals surface area contributed by atoms with Crippen LogP contribution in [0.3, 0.4) is 0 Å². The average Bonchev–Trinajstić information content (AvgIpc) is 2.96. The lowest BCUT2D eigenvalue weighted by Gasteiger charge is -2.06. The summed E-state index contributed by atoms with van der Waals surface area (Å²) in [6, 6.07) is 11.1. The molecule has 0 aliphatic rings. The normalized spacial score (nSPS) is 9.89. The van der Waals surface area contributed by atoms with Gasteiger partial charge in [0, 0.05) is 18.9 Å². The van der Waals surface area contributed by atoms with Crippen LogP contribution in [0, 0.1) is 0 Å². The molecule has 6 heteroatoms. The molecule has 0 saturated carbocycles. The van der Waals surface area contributed by atoms with Gasteiger partial charge in [-0.1, -0.05) is 30.3 Å². The van der Waals surface area contributed by atoms with Crippen LogP contribution in [0.15, 0.2) is 48.8 Å². The summed E-state index contributed by atoms with van der Waals surface area (Å²) in [6.45, 7) is 0.499. The topological polar surface area (TPSA) is 76.0 Å². The highest BCUT2D eigenvalue weighted by atomic mass is 16.2. The van der Waals surface area contributed by atoms with E-state index in [0.29, 0.717) is 6.54 Å². The van der Waals surface area contributed by atoms with Gasteiger partial charge in [0.05, 0.1) is 0 Å². The fourth-order valence-electron chi connectivity index (χ4n) is 1.49. The molecule has 2 rings (SSSR count). The Balaban J connectivity index is 1.75. The number of hydrogen-bond acceptors (Lipinski definition) is 3. The summed E-state index contributed by atoms with van der Waals surface area (Å²) >= 11 is 0. The molecule has 2 amide bonds. The first-order valence-electron chi connectivity index (χ1n) is 5.83. The van der Waals surface area contributed by atoms with Crippen LogP contribution in [0.1, 0.15) is 5.56 Å². The first kappa shape index (κ1) is 12.8. The fraction of sp³-hybridized carbons (Fsp3) is 0.154. The zero-order valence-electron chi connectivity index (χ0n) is 10.2. The second-order valence-corrected chi connectivity index (χ2v) is 3.88. The Bertz CT molecular complexity index is 537. The number of nitrogens with zero attached hydrogens (tertiary/aromatic N) is 2. The van der Waals surface area contributed by atoms with Gasteiger partial charge >= 0.3 is 11.8 Å². The minimum absolute atomic E-state index is 0.171. The van der Waals surface area contributed by atoms with Crippen LogP contribution in [0.2, 0.25) is 0 Å². The van der Waals surface area contributed by atoms with E-state index in [9.17, 15) is 9.59 Å². The molecule has 0 fully saturated rings. The molecule has 2 N–H and O–H groups in total. The number of carbonyl (C=O) groups is 2. The van der Waals surface area contributed by atoms with Crippen molar-refractivity contribution in [2.45, 2.75) is 13.2 Å². The van der Waals surface area contributed by atoms with Crippen molar-refractivity contribution in [1.29, 1.82) is 0 Å². The molecule has 19 heavy (non-hydrogen) atoms. The zero-order chi connectivity index (χ0) is 13.5. The van der Waals surface area contributed by atoms with Crippen LogP contribution >= 0.6 is 0 Å². The van der Waals surface area contributed by atoms with Gasteiger partial charge in [-0.25, -0.2) is 0 Å². The molecule has 0 atom stereocenters. The van der Waals surface area contributed by atoms with Crippen LogP contribution in [-0.4, -0.2) is 21.6 Å². The van der Waals surface area contributed by atoms with Gasteiger partial charge in [0.1, 0.15) is 6.67 Å². The van der Waals surface area contributed by atoms with Gasteiger partial charge in [-0.05, 0) is 11.6 Å². The standard InChI is InChI=1S/C13H14N4O2/c18-12(14-9-11-5-2-1-3-6-11)13(19)15-10-17-8-4-7-16-17/h1-8H,9-10H2,(H,14,18)(H,15,19). The highest BCUT2D eigenvalue weighted by Gasteiger charge is 2.12. The number of aromatic nitrogens is 2. The summed E-state index contributed by atoms with van der Waals surface area (Å²) in [5.74, 6) is -1.33. The monoisotopic (exact) mass is 258 g/mol. The Labute approximate surface area is 110 Å². The highest BCUT2D eigenvalue weighted by Crippen LogP contribution is 1.96. The third-order valence-corrected chi connectivity index (χ3v) is 2.46. The van der Waals surface area contributed by atoms with Crippen molar-refractivity contribution in [3.05, 3.63) is 54.4 Å². The summed E-state index contributed by atoms with van der Waals surface area (Å²) in [6.07, 6.45) is 3.30. The van der Waals surface area contributed by atoms with Crippen molar-refractivity contribution < 1.29 is 9.59 Å². The van der Waals surface area contributed by atoms with Crippen molar-refractivity contribution in [3.63, 3.8) is 0 Å². The maximum Gasteiger partial charge on any atom is 0.310 e. The zero-order valence-corrected chi connectivity index (χ0v) is 10.2. The summed E-state index contributed by atoms with van der Waals surface area (Å²) in [5, 5.41) is 8.93. The van der Waals surface area contributed by atoms with Gasteiger partial charge in [-0.15, -0.1) is 0 Å². The number of carbonyl (C=O) groups excluding carboxylic acids is 2. The van der Waals surface area contributed by atoms with Crippen molar-refractivity contribution in [2.75, 3.05) is 0 Å². The lowest BCUT2D eigenvalue weighted by Crippen LogP contribution is -2.40. The molecular weight excluding hydrogens is 244 g/mol. The van der Waals surface area contributed by atoms with Crippen molar-refractivity contribution in [3.8, 4) is 0 Å². The molecule has 0 radical (unpaired) electrons. The lowest BCUT2D eigenvalue weighted by atomic mass is 10.2. The molecule has 2 aromatic rings. The summed E-state index contributed by atoms with van der Waals surface area (Å²) in [4.78, 5) is 23.0. The number of amides is 2. The minimum Gasteiger partial charge on any atom is -0.344 e. The molecule has 0 spiro atoms. The predicted molar refractivity (Wildman–Crippen MR) is 68.7 cm³/mol. The SMILES string of the molecule is O=C(NCc1ccccc1)C(=O)NCn1cccn1. The van der Waals surface area contributed by atoms with E-state index < -0.39 is 11.8 Å². The second kappa shape index (κ2) is 6.34. The van der Waals surface area contributed by atoms with Gasteiger partial charge in [0.15, 0.2) is 0 Å². The first-order chi connectivity index (χ1) is 9.25. The number of benzene rings is 1. The van der Waals surface area contributed by atoms with Crippen LogP contribution in [0.4, 0.5) is 0 Å². The number of rotatable bonds is 4. The maximum absolute atomic E-state index is 11.5. The van der Waals surface area contributed by atoms with Crippen molar-refractivity contribution in [2.24, 2.45) is 0 Å². The van der Waals surface area contributed by atoms with E-state index in [2.05, 4.69) is 15.7 Å². The van der Waals surface area contributed by atoms with E-state index in [-0.39, 0.29) is 6.67 Å². The quantitative estimate of drug-likeness (QED) is 0.773. The van der Waals surface area contributed by atoms with Crippen LogP contribution < -0.4 is 10.6 Å². The minimum atomic E-state index is -0.675. The van der Waals surface area contributed by atoms with E-state index in [4.69, 9.17) is 0 Å². The molecule has 1 aromatic heterocycles. The van der Waals surface area contributed by atoms with E-state index in [1.54, 1.807) is 18.5 Å². The van der Waals surface area contributed by atoms with Gasteiger partial charge in [-0.2, -0.15) is 5.10 Å². The van der Waals surface area contributed by atoms with E-state index in [1.165, 1.54) is 4.68 Å². The molecule has 6 nitrogen and oxygen atoms in total. The Kier molecular flexibility index (Phi) is 4.28. The molecular formula is C13H14N4O2. The smallest absolute Gasteiger partial charge is 0.310 e. The van der Waals surface area contributed by atoms with Crippen molar-refractivity contribution >= 4 is 11.8 Å². The third-order valence-electron chi connectivity index (χ3n) is 2.46. The van der Waals surface area contributed by atoms with Crippen LogP contribution in [0.5, 0.6) is 0 Å². The van der Waals surface area contributed by atoms with Crippen molar-refractivity contribution in [1.82, 2.24) is 20.4 Å². The Hall–Kier alpha value is -2.63. The molecule has 98 valence electrons. The Morgan fingerprint density at radius 3 is 2.47 bits per heavy atom. The van der Waals surface area contributed by atoms with Gasteiger partial charge in [-0.3, -0.25) is 14.3 Å². The summed E-state index contributed by atoms with van der Waals surface area (Å²) < 4.78 is 1.52. The average molecular weight is 258 g/mol. The second-order valence-electron chi connectivity index (χ2n) is 3.88. The summed E-state index contributed by atoms with van der Waals surface area (Å²) in [7, 11) is 0. The third kappa shape index (κ3) is 3.95. The molecule has 0 bridgehead atoms. The largest absolute Gasteiger partial charge is 0.344 e. The van der Waals surface area contributed by atoms with Gasteiger partial charge in [0.2, 0.25) is 0 Å². The molecule has 0 aliphatic carbocycles. The Morgan fingerprint density at radius 1 is 1.05 bits per heavy atom. The molecule has 1 aromatic carbocycles. The highest BCUT2D eigenvalue weighted by molar-refractivity contribution is 6.34. The van der Waals surface area contributed by atoms with E-state index in [0.717, 1.165) is 5.56 Å². The Morgan fingerprint density at radius 2 is 1.79 bits per heavy atom. The summed E-state index contributed by atoms with van der Waals surface area (Å²) in [5.41, 5.74) is 0.940.